The number of pyridine rings is 1. The first-order valence-corrected chi connectivity index (χ1v) is 7.01. The van der Waals surface area contributed by atoms with Gasteiger partial charge in [0, 0.05) is 17.8 Å². The van der Waals surface area contributed by atoms with Crippen molar-refractivity contribution < 1.29 is 14.3 Å². The summed E-state index contributed by atoms with van der Waals surface area (Å²) in [7, 11) is 0. The van der Waals surface area contributed by atoms with Crippen LogP contribution >= 0.6 is 0 Å². The maximum absolute atomic E-state index is 13.3. The molecule has 0 saturated carbocycles. The van der Waals surface area contributed by atoms with E-state index in [9.17, 15) is 19.1 Å². The number of rotatable bonds is 5. The van der Waals surface area contributed by atoms with Crippen molar-refractivity contribution in [3.05, 3.63) is 64.3 Å². The zero-order valence-electron chi connectivity index (χ0n) is 12.5. The van der Waals surface area contributed by atoms with E-state index < -0.39 is 11.7 Å². The van der Waals surface area contributed by atoms with E-state index in [0.29, 0.717) is 12.1 Å². The molecule has 120 valence electrons. The average Bonchev–Trinajstić information content (AvgIpc) is 2.53. The number of nitrogens with one attached hydrogen (secondary N) is 1. The molecule has 0 aliphatic carbocycles. The molecule has 2 rings (SSSR count). The minimum Gasteiger partial charge on any atom is -0.507 e. The van der Waals surface area contributed by atoms with Crippen LogP contribution in [0.5, 0.6) is 5.75 Å². The monoisotopic (exact) mass is 317 g/mol. The van der Waals surface area contributed by atoms with Crippen LogP contribution in [0.2, 0.25) is 0 Å². The third kappa shape index (κ3) is 4.26. The molecular weight excluding hydrogens is 301 g/mol. The lowest BCUT2D eigenvalue weighted by atomic mass is 10.1. The summed E-state index contributed by atoms with van der Waals surface area (Å²) in [6.07, 6.45) is 1.87. The SMILES string of the molecule is CC/C(=N\NC(=O)Cn1ccccc1=O)c1cc(F)ccc1O. The molecule has 7 heteroatoms. The number of benzene rings is 1. The van der Waals surface area contributed by atoms with Gasteiger partial charge in [-0.1, -0.05) is 13.0 Å². The molecule has 1 heterocycles. The predicted octanol–water partition coefficient (Wildman–Crippen LogP) is 1.62. The lowest BCUT2D eigenvalue weighted by molar-refractivity contribution is -0.121. The van der Waals surface area contributed by atoms with E-state index in [0.717, 1.165) is 12.1 Å². The van der Waals surface area contributed by atoms with Crippen molar-refractivity contribution in [2.24, 2.45) is 5.10 Å². The van der Waals surface area contributed by atoms with E-state index in [1.165, 1.54) is 22.9 Å². The molecule has 0 aliphatic rings. The van der Waals surface area contributed by atoms with Crippen LogP contribution in [-0.2, 0) is 11.3 Å². The third-order valence-corrected chi connectivity index (χ3v) is 3.13. The van der Waals surface area contributed by atoms with Gasteiger partial charge in [-0.25, -0.2) is 9.82 Å². The number of hydrazone groups is 1. The quantitative estimate of drug-likeness (QED) is 0.649. The Morgan fingerprint density at radius 3 is 2.83 bits per heavy atom. The highest BCUT2D eigenvalue weighted by Crippen LogP contribution is 2.19. The smallest absolute Gasteiger partial charge is 0.260 e. The molecule has 1 aromatic heterocycles. The lowest BCUT2D eigenvalue weighted by Gasteiger charge is -2.08. The molecule has 1 aromatic carbocycles. The lowest BCUT2D eigenvalue weighted by Crippen LogP contribution is -2.29. The molecule has 0 spiro atoms. The summed E-state index contributed by atoms with van der Waals surface area (Å²) in [6.45, 7) is 1.58. The molecule has 0 fully saturated rings. The van der Waals surface area contributed by atoms with Crippen LogP contribution in [-0.4, -0.2) is 21.3 Å². The first-order chi connectivity index (χ1) is 11.0. The molecular formula is C16H16FN3O3. The van der Waals surface area contributed by atoms with Crippen molar-refractivity contribution in [3.8, 4) is 5.75 Å². The number of aromatic hydroxyl groups is 1. The highest BCUT2D eigenvalue weighted by atomic mass is 19.1. The predicted molar refractivity (Wildman–Crippen MR) is 83.7 cm³/mol. The summed E-state index contributed by atoms with van der Waals surface area (Å²) in [6, 6.07) is 8.06. The van der Waals surface area contributed by atoms with Crippen molar-refractivity contribution in [1.29, 1.82) is 0 Å². The fourth-order valence-electron chi connectivity index (χ4n) is 1.98. The van der Waals surface area contributed by atoms with Crippen molar-refractivity contribution in [2.75, 3.05) is 0 Å². The van der Waals surface area contributed by atoms with Crippen LogP contribution in [0.25, 0.3) is 0 Å². The Kier molecular flexibility index (Phi) is 5.24. The number of carbonyl (C=O) groups excluding carboxylic acids is 1. The van der Waals surface area contributed by atoms with E-state index in [1.807, 2.05) is 0 Å². The Hall–Kier alpha value is -2.96. The number of aromatic nitrogens is 1. The Balaban J connectivity index is 2.13. The molecule has 2 N–H and O–H groups in total. The van der Waals surface area contributed by atoms with E-state index >= 15 is 0 Å². The van der Waals surface area contributed by atoms with Gasteiger partial charge in [-0.3, -0.25) is 9.59 Å². The Morgan fingerprint density at radius 1 is 1.35 bits per heavy atom. The largest absolute Gasteiger partial charge is 0.507 e. The van der Waals surface area contributed by atoms with Gasteiger partial charge >= 0.3 is 0 Å². The summed E-state index contributed by atoms with van der Waals surface area (Å²) in [5, 5.41) is 13.7. The molecule has 0 bridgehead atoms. The molecule has 6 nitrogen and oxygen atoms in total. The maximum atomic E-state index is 13.3. The van der Waals surface area contributed by atoms with Crippen molar-refractivity contribution in [2.45, 2.75) is 19.9 Å². The summed E-state index contributed by atoms with van der Waals surface area (Å²) in [5.74, 6) is -1.14. The zero-order chi connectivity index (χ0) is 16.8. The highest BCUT2D eigenvalue weighted by Gasteiger charge is 2.10. The van der Waals surface area contributed by atoms with E-state index in [1.54, 1.807) is 19.1 Å². The first-order valence-electron chi connectivity index (χ1n) is 7.01. The highest BCUT2D eigenvalue weighted by molar-refractivity contribution is 6.03. The maximum Gasteiger partial charge on any atom is 0.260 e. The molecule has 0 aliphatic heterocycles. The Morgan fingerprint density at radius 2 is 2.13 bits per heavy atom. The number of nitrogens with zero attached hydrogens (tertiary/aromatic N) is 2. The summed E-state index contributed by atoms with van der Waals surface area (Å²) in [4.78, 5) is 23.4. The first kappa shape index (κ1) is 16.4. The summed E-state index contributed by atoms with van der Waals surface area (Å²) < 4.78 is 14.5. The normalized spacial score (nSPS) is 11.3. The fraction of sp³-hybridized carbons (Fsp3) is 0.188. The Bertz CT molecular complexity index is 799. The molecule has 0 unspecified atom stereocenters. The second-order valence-electron chi connectivity index (χ2n) is 4.78. The molecule has 2 aromatic rings. The number of amides is 1. The van der Waals surface area contributed by atoms with Gasteiger partial charge in [0.1, 0.15) is 18.1 Å². The summed E-state index contributed by atoms with van der Waals surface area (Å²) >= 11 is 0. The van der Waals surface area contributed by atoms with Crippen LogP contribution < -0.4 is 11.0 Å². The number of hydrogen-bond donors (Lipinski definition) is 2. The van der Waals surface area contributed by atoms with Gasteiger partial charge in [-0.2, -0.15) is 5.10 Å². The van der Waals surface area contributed by atoms with Crippen LogP contribution in [0.1, 0.15) is 18.9 Å². The van der Waals surface area contributed by atoms with Crippen LogP contribution in [0.3, 0.4) is 0 Å². The van der Waals surface area contributed by atoms with E-state index in [2.05, 4.69) is 10.5 Å². The molecule has 23 heavy (non-hydrogen) atoms. The van der Waals surface area contributed by atoms with Crippen LogP contribution in [0.4, 0.5) is 4.39 Å². The second-order valence-corrected chi connectivity index (χ2v) is 4.78. The van der Waals surface area contributed by atoms with E-state index in [-0.39, 0.29) is 23.4 Å². The van der Waals surface area contributed by atoms with Crippen molar-refractivity contribution in [1.82, 2.24) is 9.99 Å². The standard InChI is InChI=1S/C16H16FN3O3/c1-2-13(12-9-11(17)6-7-14(12)21)18-19-15(22)10-20-8-4-3-5-16(20)23/h3-9,21H,2,10H2,1H3,(H,19,22)/b18-13+. The van der Waals surface area contributed by atoms with Crippen LogP contribution in [0, 0.1) is 5.82 Å². The van der Waals surface area contributed by atoms with E-state index in [4.69, 9.17) is 0 Å². The fourth-order valence-corrected chi connectivity index (χ4v) is 1.98. The molecule has 0 radical (unpaired) electrons. The number of hydrogen-bond acceptors (Lipinski definition) is 4. The minimum atomic E-state index is -0.513. The summed E-state index contributed by atoms with van der Waals surface area (Å²) in [5.41, 5.74) is 2.55. The molecule has 0 atom stereocenters. The number of halogens is 1. The van der Waals surface area contributed by atoms with Gasteiger partial charge in [0.2, 0.25) is 0 Å². The topological polar surface area (TPSA) is 83.7 Å². The van der Waals surface area contributed by atoms with Gasteiger partial charge in [0.25, 0.3) is 11.5 Å². The molecule has 0 saturated heterocycles. The average molecular weight is 317 g/mol. The number of carbonyl (C=O) groups is 1. The van der Waals surface area contributed by atoms with Crippen molar-refractivity contribution >= 4 is 11.6 Å². The second kappa shape index (κ2) is 7.35. The van der Waals surface area contributed by atoms with Gasteiger partial charge in [-0.15, -0.1) is 0 Å². The van der Waals surface area contributed by atoms with Gasteiger partial charge in [0.15, 0.2) is 0 Å². The zero-order valence-corrected chi connectivity index (χ0v) is 12.5. The van der Waals surface area contributed by atoms with Crippen molar-refractivity contribution in [3.63, 3.8) is 0 Å². The van der Waals surface area contributed by atoms with Crippen LogP contribution in [0.15, 0.2) is 52.5 Å². The number of phenolic OH excluding ortho intramolecular Hbond substituents is 1. The minimum absolute atomic E-state index is 0.125. The molecule has 1 amide bonds. The van der Waals surface area contributed by atoms with Gasteiger partial charge < -0.3 is 9.67 Å². The van der Waals surface area contributed by atoms with Gasteiger partial charge in [-0.05, 0) is 30.7 Å². The van der Waals surface area contributed by atoms with Gasteiger partial charge in [0.05, 0.1) is 5.71 Å². The Labute approximate surface area is 131 Å². The number of phenols is 1. The third-order valence-electron chi connectivity index (χ3n) is 3.13.